The fraction of sp³-hybridized carbons (Fsp3) is 0.286. The molecular weight excluding hydrogens is 370 g/mol. The lowest BCUT2D eigenvalue weighted by Gasteiger charge is -2.35. The second-order valence-corrected chi connectivity index (χ2v) is 6.73. The third-order valence-electron chi connectivity index (χ3n) is 4.91. The lowest BCUT2D eigenvalue weighted by atomic mass is 10.1. The second-order valence-electron chi connectivity index (χ2n) is 6.73. The summed E-state index contributed by atoms with van der Waals surface area (Å²) in [4.78, 5) is 35.9. The molecule has 1 amide bonds. The van der Waals surface area contributed by atoms with Crippen LogP contribution in [0.2, 0.25) is 0 Å². The molecule has 0 radical (unpaired) electrons. The zero-order valence-electron chi connectivity index (χ0n) is 16.2. The molecule has 4 rings (SSSR count). The third-order valence-corrected chi connectivity index (χ3v) is 4.91. The minimum atomic E-state index is -0.231. The van der Waals surface area contributed by atoms with Crippen molar-refractivity contribution >= 4 is 11.7 Å². The number of benzene rings is 1. The predicted molar refractivity (Wildman–Crippen MR) is 110 cm³/mol. The maximum absolute atomic E-state index is 13.0. The standard InChI is InChI=1S/C21H23N5O3/c1-2-29-19-8-4-7-18(23-19)24-11-13-25(14-12-24)20(27)16-5-3-6-17(15-16)26-10-9-22-21(26)28/h3-10,15H,2,11-14H2,1H3,(H,22,28). The van der Waals surface area contributed by atoms with Crippen molar-refractivity contribution in [3.05, 3.63) is 70.9 Å². The fourth-order valence-electron chi connectivity index (χ4n) is 3.44. The fourth-order valence-corrected chi connectivity index (χ4v) is 3.44. The van der Waals surface area contributed by atoms with E-state index in [0.29, 0.717) is 49.9 Å². The first-order valence-electron chi connectivity index (χ1n) is 9.66. The average Bonchev–Trinajstić information content (AvgIpc) is 3.20. The van der Waals surface area contributed by atoms with Crippen LogP contribution in [0.3, 0.4) is 0 Å². The van der Waals surface area contributed by atoms with E-state index in [2.05, 4.69) is 14.9 Å². The normalized spacial score (nSPS) is 14.1. The lowest BCUT2D eigenvalue weighted by Crippen LogP contribution is -2.49. The summed E-state index contributed by atoms with van der Waals surface area (Å²) in [6.45, 7) is 5.12. The van der Waals surface area contributed by atoms with E-state index in [1.54, 1.807) is 36.7 Å². The monoisotopic (exact) mass is 393 g/mol. The number of hydrogen-bond donors (Lipinski definition) is 1. The van der Waals surface area contributed by atoms with Gasteiger partial charge in [-0.3, -0.25) is 9.36 Å². The zero-order chi connectivity index (χ0) is 20.2. The van der Waals surface area contributed by atoms with Gasteiger partial charge in [-0.25, -0.2) is 4.79 Å². The topological polar surface area (TPSA) is 83.5 Å². The quantitative estimate of drug-likeness (QED) is 0.716. The Balaban J connectivity index is 1.44. The summed E-state index contributed by atoms with van der Waals surface area (Å²) in [7, 11) is 0. The molecular formula is C21H23N5O3. The van der Waals surface area contributed by atoms with Gasteiger partial charge in [-0.05, 0) is 31.2 Å². The lowest BCUT2D eigenvalue weighted by molar-refractivity contribution is 0.0746. The minimum Gasteiger partial charge on any atom is -0.478 e. The van der Waals surface area contributed by atoms with Crippen LogP contribution in [0.1, 0.15) is 17.3 Å². The highest BCUT2D eigenvalue weighted by Crippen LogP contribution is 2.19. The largest absolute Gasteiger partial charge is 0.478 e. The molecule has 1 fully saturated rings. The van der Waals surface area contributed by atoms with Crippen LogP contribution in [0.4, 0.5) is 5.82 Å². The van der Waals surface area contributed by atoms with Crippen molar-refractivity contribution in [3.8, 4) is 11.6 Å². The van der Waals surface area contributed by atoms with E-state index in [1.807, 2.05) is 30.0 Å². The molecule has 8 heteroatoms. The molecule has 29 heavy (non-hydrogen) atoms. The number of carbonyl (C=O) groups excluding carboxylic acids is 1. The van der Waals surface area contributed by atoms with Gasteiger partial charge in [0.2, 0.25) is 5.88 Å². The van der Waals surface area contributed by atoms with Gasteiger partial charge >= 0.3 is 5.69 Å². The second kappa shape index (κ2) is 8.22. The number of H-pyrrole nitrogens is 1. The minimum absolute atomic E-state index is 0.0360. The molecule has 1 aliphatic rings. The van der Waals surface area contributed by atoms with Gasteiger partial charge in [0.25, 0.3) is 5.91 Å². The Morgan fingerprint density at radius 1 is 1.14 bits per heavy atom. The number of piperazine rings is 1. The number of pyridine rings is 1. The van der Waals surface area contributed by atoms with Crippen LogP contribution < -0.4 is 15.3 Å². The molecule has 1 saturated heterocycles. The number of imidazole rings is 1. The number of aromatic amines is 1. The molecule has 3 aromatic rings. The maximum Gasteiger partial charge on any atom is 0.330 e. The Kier molecular flexibility index (Phi) is 5.33. The smallest absolute Gasteiger partial charge is 0.330 e. The number of carbonyl (C=O) groups is 1. The molecule has 8 nitrogen and oxygen atoms in total. The highest BCUT2D eigenvalue weighted by atomic mass is 16.5. The number of aromatic nitrogens is 3. The highest BCUT2D eigenvalue weighted by molar-refractivity contribution is 5.95. The number of anilines is 1. The van der Waals surface area contributed by atoms with E-state index in [1.165, 1.54) is 4.57 Å². The van der Waals surface area contributed by atoms with Gasteiger partial charge in [0.05, 0.1) is 12.3 Å². The Labute approximate surface area is 168 Å². The van der Waals surface area contributed by atoms with Crippen molar-refractivity contribution in [1.82, 2.24) is 19.4 Å². The first-order chi connectivity index (χ1) is 14.2. The van der Waals surface area contributed by atoms with Gasteiger partial charge in [0, 0.05) is 50.2 Å². The van der Waals surface area contributed by atoms with E-state index in [4.69, 9.17) is 4.74 Å². The molecule has 1 aromatic carbocycles. The van der Waals surface area contributed by atoms with E-state index in [0.717, 1.165) is 5.82 Å². The summed E-state index contributed by atoms with van der Waals surface area (Å²) < 4.78 is 6.95. The van der Waals surface area contributed by atoms with Crippen LogP contribution >= 0.6 is 0 Å². The molecule has 2 aromatic heterocycles. The molecule has 1 aliphatic heterocycles. The number of amides is 1. The Bertz CT molecular complexity index is 1050. The van der Waals surface area contributed by atoms with Gasteiger partial charge in [0.15, 0.2) is 0 Å². The van der Waals surface area contributed by atoms with Gasteiger partial charge in [-0.1, -0.05) is 12.1 Å². The first-order valence-corrected chi connectivity index (χ1v) is 9.66. The zero-order valence-corrected chi connectivity index (χ0v) is 16.2. The number of rotatable bonds is 5. The van der Waals surface area contributed by atoms with Gasteiger partial charge in [-0.2, -0.15) is 4.98 Å². The Morgan fingerprint density at radius 3 is 2.66 bits per heavy atom. The maximum atomic E-state index is 13.0. The molecule has 1 N–H and O–H groups in total. The van der Waals surface area contributed by atoms with E-state index < -0.39 is 0 Å². The summed E-state index contributed by atoms with van der Waals surface area (Å²) >= 11 is 0. The van der Waals surface area contributed by atoms with Crippen molar-refractivity contribution in [2.45, 2.75) is 6.92 Å². The van der Waals surface area contributed by atoms with E-state index in [9.17, 15) is 9.59 Å². The van der Waals surface area contributed by atoms with Crippen molar-refractivity contribution in [1.29, 1.82) is 0 Å². The predicted octanol–water partition coefficient (Wildman–Crippen LogP) is 1.92. The van der Waals surface area contributed by atoms with Crippen LogP contribution in [-0.4, -0.2) is 58.1 Å². The third kappa shape index (κ3) is 4.01. The summed E-state index contributed by atoms with van der Waals surface area (Å²) in [5.41, 5.74) is 1.00. The van der Waals surface area contributed by atoms with Gasteiger partial charge in [-0.15, -0.1) is 0 Å². The van der Waals surface area contributed by atoms with Gasteiger partial charge in [0.1, 0.15) is 5.82 Å². The summed E-state index contributed by atoms with van der Waals surface area (Å²) in [6, 6.07) is 12.9. The van der Waals surface area contributed by atoms with Crippen LogP contribution in [0, 0.1) is 0 Å². The van der Waals surface area contributed by atoms with Crippen LogP contribution in [0.5, 0.6) is 5.88 Å². The highest BCUT2D eigenvalue weighted by Gasteiger charge is 2.23. The van der Waals surface area contributed by atoms with Crippen molar-refractivity contribution < 1.29 is 9.53 Å². The molecule has 3 heterocycles. The SMILES string of the molecule is CCOc1cccc(N2CCN(C(=O)c3cccc(-n4cc[nH]c4=O)c3)CC2)n1. The number of ether oxygens (including phenoxy) is 1. The van der Waals surface area contributed by atoms with Crippen LogP contribution in [-0.2, 0) is 0 Å². The first kappa shape index (κ1) is 18.8. The summed E-state index contributed by atoms with van der Waals surface area (Å²) in [5, 5.41) is 0. The van der Waals surface area contributed by atoms with E-state index in [-0.39, 0.29) is 11.6 Å². The average molecular weight is 393 g/mol. The molecule has 150 valence electrons. The van der Waals surface area contributed by atoms with Crippen molar-refractivity contribution in [2.75, 3.05) is 37.7 Å². The number of hydrogen-bond acceptors (Lipinski definition) is 5. The molecule has 0 spiro atoms. The molecule has 0 aliphatic carbocycles. The van der Waals surface area contributed by atoms with Crippen LogP contribution in [0.15, 0.2) is 59.7 Å². The van der Waals surface area contributed by atoms with Crippen molar-refractivity contribution in [3.63, 3.8) is 0 Å². The van der Waals surface area contributed by atoms with Crippen molar-refractivity contribution in [2.24, 2.45) is 0 Å². The van der Waals surface area contributed by atoms with E-state index >= 15 is 0 Å². The molecule has 0 saturated carbocycles. The Hall–Kier alpha value is -3.55. The number of nitrogens with one attached hydrogen (secondary N) is 1. The summed E-state index contributed by atoms with van der Waals surface area (Å²) in [5.74, 6) is 1.43. The Morgan fingerprint density at radius 2 is 1.93 bits per heavy atom. The summed E-state index contributed by atoms with van der Waals surface area (Å²) in [6.07, 6.45) is 3.22. The van der Waals surface area contributed by atoms with Crippen LogP contribution in [0.25, 0.3) is 5.69 Å². The molecule has 0 bridgehead atoms. The molecule has 0 atom stereocenters. The van der Waals surface area contributed by atoms with Gasteiger partial charge < -0.3 is 19.5 Å². The molecule has 0 unspecified atom stereocenters. The number of nitrogens with zero attached hydrogens (tertiary/aromatic N) is 4.